The van der Waals surface area contributed by atoms with Crippen molar-refractivity contribution in [3.63, 3.8) is 0 Å². The van der Waals surface area contributed by atoms with Gasteiger partial charge in [0.15, 0.2) is 0 Å². The van der Waals surface area contributed by atoms with Gasteiger partial charge in [-0.25, -0.2) is 4.79 Å². The van der Waals surface area contributed by atoms with Crippen molar-refractivity contribution in [2.45, 2.75) is 20.3 Å². The minimum absolute atomic E-state index is 0.0539. The molecule has 2 unspecified atom stereocenters. The highest BCUT2D eigenvalue weighted by Gasteiger charge is 2.25. The second kappa shape index (κ2) is 6.30. The van der Waals surface area contributed by atoms with E-state index in [-0.39, 0.29) is 16.7 Å². The van der Waals surface area contributed by atoms with Gasteiger partial charge in [-0.05, 0) is 30.4 Å². The van der Waals surface area contributed by atoms with Crippen LogP contribution in [0.4, 0.5) is 16.2 Å². The Morgan fingerprint density at radius 1 is 1.38 bits per heavy atom. The second-order valence-electron chi connectivity index (χ2n) is 5.70. The van der Waals surface area contributed by atoms with Gasteiger partial charge in [0.05, 0.1) is 4.92 Å². The van der Waals surface area contributed by atoms with Crippen molar-refractivity contribution < 1.29 is 9.72 Å². The van der Waals surface area contributed by atoms with Gasteiger partial charge < -0.3 is 10.2 Å². The van der Waals surface area contributed by atoms with Crippen molar-refractivity contribution in [2.75, 3.05) is 18.4 Å². The summed E-state index contributed by atoms with van der Waals surface area (Å²) in [6, 6.07) is 4.02. The van der Waals surface area contributed by atoms with Gasteiger partial charge in [0.2, 0.25) is 0 Å². The molecule has 0 spiro atoms. The Hall–Kier alpha value is -1.82. The number of nitrogens with one attached hydrogen (secondary N) is 1. The molecule has 2 atom stereocenters. The molecule has 1 aromatic rings. The van der Waals surface area contributed by atoms with Gasteiger partial charge in [0.1, 0.15) is 5.02 Å². The Balaban J connectivity index is 2.09. The predicted molar refractivity (Wildman–Crippen MR) is 81.6 cm³/mol. The summed E-state index contributed by atoms with van der Waals surface area (Å²) in [6.07, 6.45) is 1.11. The van der Waals surface area contributed by atoms with E-state index in [1.807, 2.05) is 0 Å². The van der Waals surface area contributed by atoms with E-state index in [1.54, 1.807) is 11.0 Å². The lowest BCUT2D eigenvalue weighted by atomic mass is 9.92. The first-order valence-electron chi connectivity index (χ1n) is 6.86. The van der Waals surface area contributed by atoms with Gasteiger partial charge in [-0.15, -0.1) is 0 Å². The molecule has 6 nitrogen and oxygen atoms in total. The highest BCUT2D eigenvalue weighted by molar-refractivity contribution is 6.32. The van der Waals surface area contributed by atoms with Crippen molar-refractivity contribution >= 4 is 29.0 Å². The lowest BCUT2D eigenvalue weighted by Gasteiger charge is -2.34. The van der Waals surface area contributed by atoms with Crippen LogP contribution in [0, 0.1) is 22.0 Å². The molecule has 0 aromatic heterocycles. The van der Waals surface area contributed by atoms with Crippen molar-refractivity contribution in [3.05, 3.63) is 33.3 Å². The molecular formula is C14H18ClN3O3. The van der Waals surface area contributed by atoms with Crippen LogP contribution in [0.1, 0.15) is 20.3 Å². The topological polar surface area (TPSA) is 75.5 Å². The molecular weight excluding hydrogens is 294 g/mol. The fraction of sp³-hybridized carbons (Fsp3) is 0.500. The van der Waals surface area contributed by atoms with Crippen LogP contribution in [-0.4, -0.2) is 28.9 Å². The molecule has 2 rings (SSSR count). The number of nitro benzene ring substituents is 1. The number of carbonyl (C=O) groups excluding carboxylic acids is 1. The van der Waals surface area contributed by atoms with Gasteiger partial charge >= 0.3 is 6.03 Å². The number of hydrogen-bond donors (Lipinski definition) is 1. The quantitative estimate of drug-likeness (QED) is 0.667. The van der Waals surface area contributed by atoms with Gasteiger partial charge in [-0.3, -0.25) is 10.1 Å². The SMILES string of the molecule is CC1CC(C)CN(C(=O)Nc2ccc(Cl)c([N+](=O)[O-])c2)C1. The monoisotopic (exact) mass is 311 g/mol. The number of halogens is 1. The first-order chi connectivity index (χ1) is 9.86. The molecule has 21 heavy (non-hydrogen) atoms. The van der Waals surface area contributed by atoms with Crippen LogP contribution in [0.3, 0.4) is 0 Å². The number of piperidine rings is 1. The molecule has 1 N–H and O–H groups in total. The second-order valence-corrected chi connectivity index (χ2v) is 6.11. The molecule has 0 bridgehead atoms. The van der Waals surface area contributed by atoms with E-state index in [9.17, 15) is 14.9 Å². The normalized spacial score (nSPS) is 22.0. The summed E-state index contributed by atoms with van der Waals surface area (Å²) in [4.78, 5) is 24.3. The summed E-state index contributed by atoms with van der Waals surface area (Å²) in [5.41, 5.74) is 0.164. The van der Waals surface area contributed by atoms with E-state index in [4.69, 9.17) is 11.6 Å². The summed E-state index contributed by atoms with van der Waals surface area (Å²) >= 11 is 5.75. The van der Waals surface area contributed by atoms with Gasteiger partial charge in [-0.2, -0.15) is 0 Å². The Morgan fingerprint density at radius 2 is 2.00 bits per heavy atom. The first-order valence-corrected chi connectivity index (χ1v) is 7.24. The minimum Gasteiger partial charge on any atom is -0.324 e. The predicted octanol–water partition coefficient (Wildman–Crippen LogP) is 3.76. The molecule has 0 saturated carbocycles. The van der Waals surface area contributed by atoms with E-state index in [0.29, 0.717) is 30.6 Å². The highest BCUT2D eigenvalue weighted by Crippen LogP contribution is 2.28. The van der Waals surface area contributed by atoms with Crippen LogP contribution < -0.4 is 5.32 Å². The van der Waals surface area contributed by atoms with Crippen LogP contribution in [-0.2, 0) is 0 Å². The van der Waals surface area contributed by atoms with Crippen LogP contribution in [0.2, 0.25) is 5.02 Å². The zero-order valence-electron chi connectivity index (χ0n) is 12.0. The van der Waals surface area contributed by atoms with E-state index in [0.717, 1.165) is 6.42 Å². The van der Waals surface area contributed by atoms with Crippen LogP contribution in [0.25, 0.3) is 0 Å². The molecule has 7 heteroatoms. The molecule has 2 amide bonds. The fourth-order valence-electron chi connectivity index (χ4n) is 2.76. The molecule has 1 saturated heterocycles. The summed E-state index contributed by atoms with van der Waals surface area (Å²) in [5, 5.41) is 13.6. The van der Waals surface area contributed by atoms with E-state index in [2.05, 4.69) is 19.2 Å². The third kappa shape index (κ3) is 3.85. The number of carbonyl (C=O) groups is 1. The van der Waals surface area contributed by atoms with Gasteiger partial charge in [0.25, 0.3) is 5.69 Å². The third-order valence-electron chi connectivity index (χ3n) is 3.55. The molecule has 114 valence electrons. The maximum Gasteiger partial charge on any atom is 0.321 e. The van der Waals surface area contributed by atoms with Crippen molar-refractivity contribution in [2.24, 2.45) is 11.8 Å². The van der Waals surface area contributed by atoms with Crippen LogP contribution >= 0.6 is 11.6 Å². The number of rotatable bonds is 2. The van der Waals surface area contributed by atoms with E-state index >= 15 is 0 Å². The molecule has 1 aliphatic heterocycles. The highest BCUT2D eigenvalue weighted by atomic mass is 35.5. The minimum atomic E-state index is -0.566. The zero-order chi connectivity index (χ0) is 15.6. The summed E-state index contributed by atoms with van der Waals surface area (Å²) < 4.78 is 0. The summed E-state index contributed by atoms with van der Waals surface area (Å²) in [5.74, 6) is 0.915. The van der Waals surface area contributed by atoms with Crippen molar-refractivity contribution in [1.29, 1.82) is 0 Å². The standard InChI is InChI=1S/C14H18ClN3O3/c1-9-5-10(2)8-17(7-9)14(19)16-11-3-4-12(15)13(6-11)18(20)21/h3-4,6,9-10H,5,7-8H2,1-2H3,(H,16,19). The lowest BCUT2D eigenvalue weighted by molar-refractivity contribution is -0.384. The lowest BCUT2D eigenvalue weighted by Crippen LogP contribution is -2.44. The molecule has 0 radical (unpaired) electrons. The summed E-state index contributed by atoms with van der Waals surface area (Å²) in [7, 11) is 0. The molecule has 1 heterocycles. The number of hydrogen-bond acceptors (Lipinski definition) is 3. The molecule has 1 aromatic carbocycles. The maximum atomic E-state index is 12.2. The molecule has 1 fully saturated rings. The number of amides is 2. The van der Waals surface area contributed by atoms with Crippen LogP contribution in [0.15, 0.2) is 18.2 Å². The Morgan fingerprint density at radius 3 is 2.57 bits per heavy atom. The summed E-state index contributed by atoms with van der Waals surface area (Å²) in [6.45, 7) is 5.63. The molecule has 1 aliphatic rings. The Bertz CT molecular complexity index is 554. The third-order valence-corrected chi connectivity index (χ3v) is 3.87. The number of anilines is 1. The largest absolute Gasteiger partial charge is 0.324 e. The van der Waals surface area contributed by atoms with Crippen molar-refractivity contribution in [3.8, 4) is 0 Å². The number of nitrogens with zero attached hydrogens (tertiary/aromatic N) is 2. The number of likely N-dealkylation sites (tertiary alicyclic amines) is 1. The maximum absolute atomic E-state index is 12.2. The average molecular weight is 312 g/mol. The zero-order valence-corrected chi connectivity index (χ0v) is 12.8. The average Bonchev–Trinajstić information content (AvgIpc) is 2.39. The Labute approximate surface area is 128 Å². The van der Waals surface area contributed by atoms with E-state index in [1.165, 1.54) is 12.1 Å². The van der Waals surface area contributed by atoms with Crippen molar-refractivity contribution in [1.82, 2.24) is 4.90 Å². The fourth-order valence-corrected chi connectivity index (χ4v) is 2.95. The first kappa shape index (κ1) is 15.6. The number of urea groups is 1. The number of benzene rings is 1. The smallest absolute Gasteiger partial charge is 0.321 e. The molecule has 0 aliphatic carbocycles. The van der Waals surface area contributed by atoms with Crippen LogP contribution in [0.5, 0.6) is 0 Å². The van der Waals surface area contributed by atoms with E-state index < -0.39 is 4.92 Å². The Kier molecular flexibility index (Phi) is 4.67. The van der Waals surface area contributed by atoms with Gasteiger partial charge in [-0.1, -0.05) is 25.4 Å². The van der Waals surface area contributed by atoms with Gasteiger partial charge in [0, 0.05) is 24.8 Å². The number of nitro groups is 1.